The number of hydrogen-bond acceptors (Lipinski definition) is 3. The average molecular weight is 267 g/mol. The van der Waals surface area contributed by atoms with E-state index < -0.39 is 5.97 Å². The molecule has 0 fully saturated rings. The second-order valence-corrected chi connectivity index (χ2v) is 4.19. The number of methoxy groups -OCH3 is 1. The largest absolute Gasteiger partial charge is 0.495 e. The molecule has 2 aromatic rings. The number of benzene rings is 1. The van der Waals surface area contributed by atoms with Crippen LogP contribution >= 0.6 is 11.6 Å². The third-order valence-electron chi connectivity index (χ3n) is 2.54. The standard InChI is InChI=1S/C12H11ClN2O3/c1-6-3-7(4-8(13)11(6)18-2)9-5-10(12(16)17)15-14-9/h3-5H,1-2H3,(H,14,15)(H,16,17). The highest BCUT2D eigenvalue weighted by molar-refractivity contribution is 6.32. The van der Waals surface area contributed by atoms with Crippen LogP contribution in [-0.4, -0.2) is 28.4 Å². The Morgan fingerprint density at radius 3 is 2.67 bits per heavy atom. The molecule has 0 spiro atoms. The fourth-order valence-corrected chi connectivity index (χ4v) is 2.06. The van der Waals surface area contributed by atoms with Crippen molar-refractivity contribution in [1.29, 1.82) is 0 Å². The monoisotopic (exact) mass is 266 g/mol. The molecule has 0 atom stereocenters. The van der Waals surface area contributed by atoms with Gasteiger partial charge in [0.25, 0.3) is 0 Å². The molecular weight excluding hydrogens is 256 g/mol. The number of aromatic amines is 1. The molecule has 0 radical (unpaired) electrons. The van der Waals surface area contributed by atoms with Crippen LogP contribution in [0.1, 0.15) is 16.1 Å². The fourth-order valence-electron chi connectivity index (χ4n) is 1.72. The normalized spacial score (nSPS) is 10.4. The Balaban J connectivity index is 2.47. The molecular formula is C12H11ClN2O3. The molecule has 0 amide bonds. The molecule has 0 aliphatic rings. The number of nitrogens with one attached hydrogen (secondary N) is 1. The summed E-state index contributed by atoms with van der Waals surface area (Å²) in [5, 5.41) is 15.7. The second kappa shape index (κ2) is 4.70. The molecule has 0 saturated heterocycles. The molecule has 18 heavy (non-hydrogen) atoms. The Bertz CT molecular complexity index is 584. The predicted octanol–water partition coefficient (Wildman–Crippen LogP) is 2.75. The lowest BCUT2D eigenvalue weighted by molar-refractivity contribution is 0.0690. The van der Waals surface area contributed by atoms with E-state index in [0.717, 1.165) is 11.1 Å². The van der Waals surface area contributed by atoms with Gasteiger partial charge in [0.2, 0.25) is 0 Å². The first-order valence-corrected chi connectivity index (χ1v) is 5.54. The number of rotatable bonds is 3. The molecule has 94 valence electrons. The predicted molar refractivity (Wildman–Crippen MR) is 67.3 cm³/mol. The highest BCUT2D eigenvalue weighted by Crippen LogP contribution is 2.33. The minimum atomic E-state index is -1.05. The van der Waals surface area contributed by atoms with E-state index in [4.69, 9.17) is 21.4 Å². The Morgan fingerprint density at radius 2 is 2.17 bits per heavy atom. The Morgan fingerprint density at radius 1 is 1.44 bits per heavy atom. The number of carboxylic acid groups (broad SMARTS) is 1. The Hall–Kier alpha value is -2.01. The average Bonchev–Trinajstić information content (AvgIpc) is 2.77. The highest BCUT2D eigenvalue weighted by Gasteiger charge is 2.12. The van der Waals surface area contributed by atoms with Crippen LogP contribution in [0.15, 0.2) is 18.2 Å². The zero-order valence-corrected chi connectivity index (χ0v) is 10.6. The van der Waals surface area contributed by atoms with Crippen LogP contribution < -0.4 is 4.74 Å². The van der Waals surface area contributed by atoms with Gasteiger partial charge in [0.05, 0.1) is 17.8 Å². The third-order valence-corrected chi connectivity index (χ3v) is 2.82. The first-order valence-electron chi connectivity index (χ1n) is 5.16. The number of halogens is 1. The van der Waals surface area contributed by atoms with Gasteiger partial charge >= 0.3 is 5.97 Å². The molecule has 1 heterocycles. The van der Waals surface area contributed by atoms with Crippen molar-refractivity contribution in [1.82, 2.24) is 10.2 Å². The van der Waals surface area contributed by atoms with Crippen LogP contribution in [0.4, 0.5) is 0 Å². The maximum Gasteiger partial charge on any atom is 0.353 e. The van der Waals surface area contributed by atoms with E-state index in [-0.39, 0.29) is 5.69 Å². The summed E-state index contributed by atoms with van der Waals surface area (Å²) in [5.74, 6) is -0.445. The highest BCUT2D eigenvalue weighted by atomic mass is 35.5. The van der Waals surface area contributed by atoms with E-state index in [1.807, 2.05) is 13.0 Å². The molecule has 0 saturated carbocycles. The summed E-state index contributed by atoms with van der Waals surface area (Å²) < 4.78 is 5.16. The summed E-state index contributed by atoms with van der Waals surface area (Å²) in [6, 6.07) is 4.99. The number of ether oxygens (including phenoxy) is 1. The minimum absolute atomic E-state index is 0.0367. The summed E-state index contributed by atoms with van der Waals surface area (Å²) in [6.07, 6.45) is 0. The lowest BCUT2D eigenvalue weighted by Crippen LogP contribution is -1.95. The van der Waals surface area contributed by atoms with Gasteiger partial charge in [0, 0.05) is 5.56 Å². The number of aryl methyl sites for hydroxylation is 1. The van der Waals surface area contributed by atoms with E-state index in [2.05, 4.69) is 10.2 Å². The summed E-state index contributed by atoms with van der Waals surface area (Å²) >= 11 is 6.07. The van der Waals surface area contributed by atoms with Crippen molar-refractivity contribution < 1.29 is 14.6 Å². The lowest BCUT2D eigenvalue weighted by atomic mass is 10.1. The van der Waals surface area contributed by atoms with Gasteiger partial charge in [0.15, 0.2) is 0 Å². The maximum absolute atomic E-state index is 10.8. The SMILES string of the molecule is COc1c(C)cc(-c2cc(C(=O)O)[nH]n2)cc1Cl. The minimum Gasteiger partial charge on any atom is -0.495 e. The first kappa shape index (κ1) is 12.4. The smallest absolute Gasteiger partial charge is 0.353 e. The van der Waals surface area contributed by atoms with Gasteiger partial charge < -0.3 is 9.84 Å². The van der Waals surface area contributed by atoms with E-state index in [9.17, 15) is 4.79 Å². The number of H-pyrrole nitrogens is 1. The molecule has 5 nitrogen and oxygen atoms in total. The number of hydrogen-bond donors (Lipinski definition) is 2. The van der Waals surface area contributed by atoms with Gasteiger partial charge in [-0.15, -0.1) is 0 Å². The zero-order valence-electron chi connectivity index (χ0n) is 9.82. The van der Waals surface area contributed by atoms with E-state index in [1.54, 1.807) is 13.2 Å². The molecule has 1 aromatic carbocycles. The molecule has 0 aliphatic carbocycles. The summed E-state index contributed by atoms with van der Waals surface area (Å²) in [6.45, 7) is 1.86. The van der Waals surface area contributed by atoms with Crippen LogP contribution in [0, 0.1) is 6.92 Å². The van der Waals surface area contributed by atoms with E-state index in [1.165, 1.54) is 6.07 Å². The zero-order chi connectivity index (χ0) is 13.3. The number of aromatic carboxylic acids is 1. The first-order chi connectivity index (χ1) is 8.52. The second-order valence-electron chi connectivity index (χ2n) is 3.78. The van der Waals surface area contributed by atoms with Gasteiger partial charge in [-0.05, 0) is 30.7 Å². The van der Waals surface area contributed by atoms with Crippen LogP contribution in [-0.2, 0) is 0 Å². The lowest BCUT2D eigenvalue weighted by Gasteiger charge is -2.08. The molecule has 6 heteroatoms. The van der Waals surface area contributed by atoms with Crippen LogP contribution in [0.2, 0.25) is 5.02 Å². The van der Waals surface area contributed by atoms with Gasteiger partial charge in [0.1, 0.15) is 11.4 Å². The van der Waals surface area contributed by atoms with E-state index >= 15 is 0 Å². The molecule has 1 aromatic heterocycles. The Labute approximate surface area is 108 Å². The topological polar surface area (TPSA) is 75.2 Å². The van der Waals surface area contributed by atoms with Crippen molar-refractivity contribution in [3.05, 3.63) is 34.5 Å². The summed E-state index contributed by atoms with van der Waals surface area (Å²) in [4.78, 5) is 10.8. The quantitative estimate of drug-likeness (QED) is 0.896. The molecule has 0 unspecified atom stereocenters. The van der Waals surface area contributed by atoms with Crippen LogP contribution in [0.3, 0.4) is 0 Å². The Kier molecular flexibility index (Phi) is 3.25. The van der Waals surface area contributed by atoms with Crippen molar-refractivity contribution in [2.24, 2.45) is 0 Å². The number of nitrogens with zero attached hydrogens (tertiary/aromatic N) is 1. The van der Waals surface area contributed by atoms with Crippen molar-refractivity contribution in [3.8, 4) is 17.0 Å². The van der Waals surface area contributed by atoms with Crippen molar-refractivity contribution in [2.75, 3.05) is 7.11 Å². The molecule has 2 rings (SSSR count). The van der Waals surface area contributed by atoms with Crippen molar-refractivity contribution >= 4 is 17.6 Å². The van der Waals surface area contributed by atoms with Gasteiger partial charge in [-0.2, -0.15) is 5.10 Å². The van der Waals surface area contributed by atoms with Crippen molar-refractivity contribution in [2.45, 2.75) is 6.92 Å². The van der Waals surface area contributed by atoms with Crippen molar-refractivity contribution in [3.63, 3.8) is 0 Å². The summed E-state index contributed by atoms with van der Waals surface area (Å²) in [7, 11) is 1.55. The van der Waals surface area contributed by atoms with Gasteiger partial charge in [-0.25, -0.2) is 4.79 Å². The maximum atomic E-state index is 10.8. The molecule has 0 bridgehead atoms. The van der Waals surface area contributed by atoms with Crippen LogP contribution in [0.5, 0.6) is 5.75 Å². The fraction of sp³-hybridized carbons (Fsp3) is 0.167. The number of carboxylic acids is 1. The molecule has 0 aliphatic heterocycles. The van der Waals surface area contributed by atoms with Gasteiger partial charge in [-0.3, -0.25) is 5.10 Å². The number of aromatic nitrogens is 2. The number of carbonyl (C=O) groups is 1. The third kappa shape index (κ3) is 2.17. The molecule has 2 N–H and O–H groups in total. The summed E-state index contributed by atoms with van der Waals surface area (Å²) in [5.41, 5.74) is 2.16. The van der Waals surface area contributed by atoms with E-state index in [0.29, 0.717) is 16.5 Å². The van der Waals surface area contributed by atoms with Crippen LogP contribution in [0.25, 0.3) is 11.3 Å². The van der Waals surface area contributed by atoms with Gasteiger partial charge in [-0.1, -0.05) is 11.6 Å².